The van der Waals surface area contributed by atoms with E-state index in [0.717, 1.165) is 0 Å². The quantitative estimate of drug-likeness (QED) is 0.0579. The first-order chi connectivity index (χ1) is 24.2. The number of carbonyl (C=O) groups excluding carboxylic acids is 5. The molecule has 51 heavy (non-hydrogen) atoms. The Labute approximate surface area is 288 Å². The summed E-state index contributed by atoms with van der Waals surface area (Å²) in [6.07, 6.45) is 1.04. The van der Waals surface area contributed by atoms with Gasteiger partial charge in [-0.2, -0.15) is 4.98 Å². The van der Waals surface area contributed by atoms with Crippen LogP contribution in [0.3, 0.4) is 0 Å². The Balaban J connectivity index is 1.37. The molecule has 0 radical (unpaired) electrons. The molecule has 2 heterocycles. The number of nitrogens with zero attached hydrogens (tertiary/aromatic N) is 3. The average molecular weight is 712 g/mol. The van der Waals surface area contributed by atoms with Gasteiger partial charge in [-0.1, -0.05) is 6.92 Å². The van der Waals surface area contributed by atoms with Gasteiger partial charge in [0.05, 0.1) is 31.4 Å². The van der Waals surface area contributed by atoms with Crippen molar-refractivity contribution in [3.8, 4) is 0 Å². The molecule has 2 atom stereocenters. The predicted molar refractivity (Wildman–Crippen MR) is 178 cm³/mol. The minimum absolute atomic E-state index is 0.0251. The third kappa shape index (κ3) is 12.7. The first kappa shape index (κ1) is 38.8. The molecule has 5 amide bonds. The molecule has 3 aromatic rings. The highest BCUT2D eigenvalue weighted by Crippen LogP contribution is 2.12. The standard InChI is InChI=1S/C30H37N11O10/c1-2-18(27(49)35-13-21(43)39-19(10-22(44)45)28(50)36-14-23(46)47)38-20(42)4-3-9-32-26(48)15-5-7-16(8-6-15)33-11-17-12-34-25-24(37-17)29(51)41-30(31)40-25/h5-8,12,18-19,33H,2-4,9-11,13-14H2,1H3,(H,32,48)(H,35,49)(H,36,50)(H,38,42)(H,39,43)(H,44,45)(H,46,47)(H3,31,34,40,41,51). The molecule has 0 aliphatic heterocycles. The largest absolute Gasteiger partial charge is 0.481 e. The van der Waals surface area contributed by atoms with Crippen LogP contribution in [0.4, 0.5) is 11.6 Å². The van der Waals surface area contributed by atoms with Crippen LogP contribution in [0.25, 0.3) is 11.2 Å². The maximum Gasteiger partial charge on any atom is 0.322 e. The number of benzene rings is 1. The molecule has 0 saturated carbocycles. The zero-order valence-electron chi connectivity index (χ0n) is 27.3. The van der Waals surface area contributed by atoms with Crippen molar-refractivity contribution in [1.82, 2.24) is 46.5 Å². The van der Waals surface area contributed by atoms with Crippen LogP contribution >= 0.6 is 0 Å². The number of carboxylic acid groups (broad SMARTS) is 2. The third-order valence-electron chi connectivity index (χ3n) is 6.90. The lowest BCUT2D eigenvalue weighted by molar-refractivity contribution is -0.141. The van der Waals surface area contributed by atoms with Gasteiger partial charge < -0.3 is 47.8 Å². The number of nitrogens with one attached hydrogen (secondary N) is 7. The molecule has 11 N–H and O–H groups in total. The van der Waals surface area contributed by atoms with Gasteiger partial charge in [0.15, 0.2) is 11.2 Å². The number of aliphatic carboxylic acids is 2. The Hall–Kier alpha value is -6.67. The minimum Gasteiger partial charge on any atom is -0.481 e. The number of rotatable bonds is 19. The lowest BCUT2D eigenvalue weighted by Gasteiger charge is -2.19. The van der Waals surface area contributed by atoms with Crippen LogP contribution in [0.1, 0.15) is 48.7 Å². The second-order valence-electron chi connectivity index (χ2n) is 10.9. The van der Waals surface area contributed by atoms with Crippen molar-refractivity contribution >= 4 is 64.3 Å². The lowest BCUT2D eigenvalue weighted by Crippen LogP contribution is -2.53. The Kier molecular flexibility index (Phi) is 14.3. The summed E-state index contributed by atoms with van der Waals surface area (Å²) in [5.74, 6) is -6.37. The fourth-order valence-corrected chi connectivity index (χ4v) is 4.37. The molecule has 0 aliphatic rings. The van der Waals surface area contributed by atoms with Crippen molar-refractivity contribution < 1.29 is 43.8 Å². The first-order valence-electron chi connectivity index (χ1n) is 15.5. The highest BCUT2D eigenvalue weighted by molar-refractivity contribution is 5.95. The number of carbonyl (C=O) groups is 7. The molecule has 2 unspecified atom stereocenters. The highest BCUT2D eigenvalue weighted by Gasteiger charge is 2.25. The summed E-state index contributed by atoms with van der Waals surface area (Å²) in [5, 5.41) is 32.4. The van der Waals surface area contributed by atoms with Gasteiger partial charge in [-0.15, -0.1) is 0 Å². The summed E-state index contributed by atoms with van der Waals surface area (Å²) in [6.45, 7) is 0.587. The molecule has 1 aromatic carbocycles. The predicted octanol–water partition coefficient (Wildman–Crippen LogP) is -2.41. The molecule has 0 fully saturated rings. The lowest BCUT2D eigenvalue weighted by atomic mass is 10.1. The van der Waals surface area contributed by atoms with Crippen LogP contribution < -0.4 is 43.2 Å². The number of nitrogen functional groups attached to an aromatic ring is 1. The van der Waals surface area contributed by atoms with E-state index in [0.29, 0.717) is 16.9 Å². The minimum atomic E-state index is -1.58. The molecular weight excluding hydrogens is 674 g/mol. The molecular formula is C30H37N11O10. The Morgan fingerprint density at radius 3 is 2.20 bits per heavy atom. The number of amides is 5. The molecule has 0 aliphatic carbocycles. The van der Waals surface area contributed by atoms with E-state index in [9.17, 15) is 38.4 Å². The van der Waals surface area contributed by atoms with Gasteiger partial charge in [-0.25, -0.2) is 9.97 Å². The van der Waals surface area contributed by atoms with Gasteiger partial charge in [-0.3, -0.25) is 43.3 Å². The fourth-order valence-electron chi connectivity index (χ4n) is 4.37. The first-order valence-corrected chi connectivity index (χ1v) is 15.5. The average Bonchev–Trinajstić information content (AvgIpc) is 3.09. The van der Waals surface area contributed by atoms with E-state index in [-0.39, 0.29) is 55.4 Å². The molecule has 2 aromatic heterocycles. The Morgan fingerprint density at radius 2 is 1.53 bits per heavy atom. The summed E-state index contributed by atoms with van der Waals surface area (Å²) in [7, 11) is 0. The van der Waals surface area contributed by atoms with Gasteiger partial charge in [0, 0.05) is 24.2 Å². The van der Waals surface area contributed by atoms with E-state index in [4.69, 9.17) is 15.9 Å². The summed E-state index contributed by atoms with van der Waals surface area (Å²) in [4.78, 5) is 110. The third-order valence-corrected chi connectivity index (χ3v) is 6.90. The smallest absolute Gasteiger partial charge is 0.322 e. The summed E-state index contributed by atoms with van der Waals surface area (Å²) < 4.78 is 0. The molecule has 272 valence electrons. The molecule has 21 heteroatoms. The summed E-state index contributed by atoms with van der Waals surface area (Å²) in [5.41, 5.74) is 6.71. The van der Waals surface area contributed by atoms with Crippen LogP contribution in [0.5, 0.6) is 0 Å². The number of hydrogen-bond donors (Lipinski definition) is 10. The van der Waals surface area contributed by atoms with Crippen molar-refractivity contribution in [3.63, 3.8) is 0 Å². The molecule has 21 nitrogen and oxygen atoms in total. The van der Waals surface area contributed by atoms with Crippen LogP contribution in [-0.2, 0) is 35.3 Å². The zero-order valence-corrected chi connectivity index (χ0v) is 27.3. The van der Waals surface area contributed by atoms with Crippen LogP contribution in [0.15, 0.2) is 35.3 Å². The van der Waals surface area contributed by atoms with Crippen LogP contribution in [-0.4, -0.2) is 103 Å². The molecule has 3 rings (SSSR count). The number of aromatic amines is 1. The van der Waals surface area contributed by atoms with Gasteiger partial charge in [0.1, 0.15) is 18.6 Å². The molecule has 0 spiro atoms. The van der Waals surface area contributed by atoms with Gasteiger partial charge in [0.25, 0.3) is 11.5 Å². The monoisotopic (exact) mass is 711 g/mol. The van der Waals surface area contributed by atoms with Gasteiger partial charge in [-0.05, 0) is 37.1 Å². The number of anilines is 2. The summed E-state index contributed by atoms with van der Waals surface area (Å²) in [6, 6.07) is 3.96. The van der Waals surface area contributed by atoms with Crippen molar-refractivity contribution in [3.05, 3.63) is 52.1 Å². The maximum absolute atomic E-state index is 12.6. The second kappa shape index (κ2) is 18.8. The molecule has 0 bridgehead atoms. The number of fused-ring (bicyclic) bond motifs is 1. The number of carboxylic acids is 2. The van der Waals surface area contributed by atoms with E-state index in [1.54, 1.807) is 31.2 Å². The SMILES string of the molecule is CCC(NC(=O)CCCNC(=O)c1ccc(NCc2cnc3nc(N)[nH]c(=O)c3n2)cc1)C(=O)NCC(=O)NC(CC(=O)O)C(=O)NCC(=O)O. The van der Waals surface area contributed by atoms with Crippen LogP contribution in [0, 0.1) is 0 Å². The van der Waals surface area contributed by atoms with E-state index >= 15 is 0 Å². The van der Waals surface area contributed by atoms with Crippen molar-refractivity contribution in [2.45, 2.75) is 51.2 Å². The van der Waals surface area contributed by atoms with Crippen molar-refractivity contribution in [1.29, 1.82) is 0 Å². The van der Waals surface area contributed by atoms with Gasteiger partial charge in [0.2, 0.25) is 29.6 Å². The normalized spacial score (nSPS) is 11.8. The Morgan fingerprint density at radius 1 is 0.863 bits per heavy atom. The van der Waals surface area contributed by atoms with E-state index < -0.39 is 72.7 Å². The Bertz CT molecular complexity index is 1830. The maximum atomic E-state index is 12.6. The van der Waals surface area contributed by atoms with E-state index in [1.807, 2.05) is 5.32 Å². The number of aromatic nitrogens is 4. The van der Waals surface area contributed by atoms with Crippen molar-refractivity contribution in [2.24, 2.45) is 0 Å². The van der Waals surface area contributed by atoms with Crippen LogP contribution in [0.2, 0.25) is 0 Å². The van der Waals surface area contributed by atoms with E-state index in [2.05, 4.69) is 46.5 Å². The zero-order chi connectivity index (χ0) is 37.5. The topological polar surface area (TPSA) is 330 Å². The fraction of sp³-hybridized carbons (Fsp3) is 0.367. The number of hydrogen-bond acceptors (Lipinski definition) is 13. The van der Waals surface area contributed by atoms with Gasteiger partial charge >= 0.3 is 11.9 Å². The summed E-state index contributed by atoms with van der Waals surface area (Å²) >= 11 is 0. The van der Waals surface area contributed by atoms with Crippen molar-refractivity contribution in [2.75, 3.05) is 30.7 Å². The number of H-pyrrole nitrogens is 1. The van der Waals surface area contributed by atoms with E-state index in [1.165, 1.54) is 6.20 Å². The number of nitrogens with two attached hydrogens (primary N) is 1. The second-order valence-corrected chi connectivity index (χ2v) is 10.9. The highest BCUT2D eigenvalue weighted by atomic mass is 16.4. The molecule has 0 saturated heterocycles.